The molecule has 0 radical (unpaired) electrons. The third kappa shape index (κ3) is 4.90. The maximum Gasteiger partial charge on any atom is 0.234 e. The van der Waals surface area contributed by atoms with E-state index in [4.69, 9.17) is 0 Å². The second-order valence-electron chi connectivity index (χ2n) is 5.77. The Morgan fingerprint density at radius 1 is 1.29 bits per heavy atom. The van der Waals surface area contributed by atoms with Gasteiger partial charge in [0.25, 0.3) is 0 Å². The van der Waals surface area contributed by atoms with Gasteiger partial charge in [-0.15, -0.1) is 11.8 Å². The summed E-state index contributed by atoms with van der Waals surface area (Å²) >= 11 is 1.63. The van der Waals surface area contributed by atoms with E-state index in [1.807, 2.05) is 31.3 Å². The van der Waals surface area contributed by atoms with Crippen LogP contribution in [-0.2, 0) is 11.8 Å². The molecule has 1 aromatic heterocycles. The first kappa shape index (κ1) is 15.6. The number of nitrogens with zero attached hydrogens (tertiary/aromatic N) is 3. The van der Waals surface area contributed by atoms with Crippen LogP contribution in [0.2, 0.25) is 0 Å². The average molecular weight is 304 g/mol. The molecular weight excluding hydrogens is 284 g/mol. The highest BCUT2D eigenvalue weighted by molar-refractivity contribution is 8.01. The first-order valence-corrected chi connectivity index (χ1v) is 7.72. The predicted molar refractivity (Wildman–Crippen MR) is 87.3 cm³/mol. The van der Waals surface area contributed by atoms with Crippen LogP contribution in [0.4, 0.5) is 5.69 Å². The van der Waals surface area contributed by atoms with Gasteiger partial charge in [-0.25, -0.2) is 4.98 Å². The molecule has 6 heteroatoms. The van der Waals surface area contributed by atoms with Crippen LogP contribution < -0.4 is 5.32 Å². The molecule has 0 saturated heterocycles. The molecule has 1 N–H and O–H groups in total. The Kier molecular flexibility index (Phi) is 4.67. The number of benzene rings is 1. The highest BCUT2D eigenvalue weighted by Crippen LogP contribution is 2.23. The third-order valence-corrected chi connectivity index (χ3v) is 3.94. The maximum absolute atomic E-state index is 11.9. The molecular formula is C15H20N4OS. The van der Waals surface area contributed by atoms with E-state index in [-0.39, 0.29) is 10.7 Å². The molecule has 21 heavy (non-hydrogen) atoms. The Morgan fingerprint density at radius 2 is 1.95 bits per heavy atom. The number of hydrogen-bond acceptors (Lipinski definition) is 4. The van der Waals surface area contributed by atoms with E-state index in [9.17, 15) is 4.79 Å². The Hall–Kier alpha value is -1.82. The molecule has 0 aliphatic heterocycles. The third-order valence-electron chi connectivity index (χ3n) is 2.66. The summed E-state index contributed by atoms with van der Waals surface area (Å²) in [6.07, 6.45) is 1.66. The lowest BCUT2D eigenvalue weighted by Crippen LogP contribution is -2.18. The monoisotopic (exact) mass is 304 g/mol. The van der Waals surface area contributed by atoms with Crippen LogP contribution >= 0.6 is 11.8 Å². The zero-order chi connectivity index (χ0) is 15.5. The highest BCUT2D eigenvalue weighted by Gasteiger charge is 2.13. The summed E-state index contributed by atoms with van der Waals surface area (Å²) in [5, 5.41) is 7.14. The summed E-state index contributed by atoms with van der Waals surface area (Å²) in [7, 11) is 1.83. The number of anilines is 1. The van der Waals surface area contributed by atoms with Gasteiger partial charge in [0.2, 0.25) is 5.91 Å². The molecule has 112 valence electrons. The van der Waals surface area contributed by atoms with E-state index in [1.165, 1.54) is 0 Å². The second-order valence-corrected chi connectivity index (χ2v) is 7.57. The van der Waals surface area contributed by atoms with Gasteiger partial charge in [0.15, 0.2) is 5.82 Å². The van der Waals surface area contributed by atoms with Crippen LogP contribution in [0.25, 0.3) is 11.4 Å². The van der Waals surface area contributed by atoms with Crippen molar-refractivity contribution in [3.63, 3.8) is 0 Å². The fraction of sp³-hybridized carbons (Fsp3) is 0.400. The number of nitrogens with one attached hydrogen (secondary N) is 1. The molecule has 1 aromatic carbocycles. The van der Waals surface area contributed by atoms with Crippen molar-refractivity contribution >= 4 is 23.4 Å². The van der Waals surface area contributed by atoms with Crippen molar-refractivity contribution in [1.82, 2.24) is 14.8 Å². The van der Waals surface area contributed by atoms with Crippen LogP contribution in [-0.4, -0.2) is 31.2 Å². The van der Waals surface area contributed by atoms with Crippen molar-refractivity contribution in [3.05, 3.63) is 30.6 Å². The molecule has 0 aliphatic rings. The van der Waals surface area contributed by atoms with Gasteiger partial charge in [-0.05, 0) is 24.3 Å². The van der Waals surface area contributed by atoms with Gasteiger partial charge >= 0.3 is 0 Å². The van der Waals surface area contributed by atoms with E-state index in [2.05, 4.69) is 36.2 Å². The molecule has 0 saturated carbocycles. The van der Waals surface area contributed by atoms with Gasteiger partial charge in [-0.2, -0.15) is 5.10 Å². The fourth-order valence-corrected chi connectivity index (χ4v) is 2.29. The molecule has 0 atom stereocenters. The van der Waals surface area contributed by atoms with Crippen molar-refractivity contribution in [3.8, 4) is 11.4 Å². The molecule has 1 heterocycles. The topological polar surface area (TPSA) is 59.8 Å². The maximum atomic E-state index is 11.9. The number of aromatic nitrogens is 3. The van der Waals surface area contributed by atoms with E-state index >= 15 is 0 Å². The highest BCUT2D eigenvalue weighted by atomic mass is 32.2. The summed E-state index contributed by atoms with van der Waals surface area (Å²) in [4.78, 5) is 16.1. The summed E-state index contributed by atoms with van der Waals surface area (Å²) in [6, 6.07) is 7.54. The molecule has 2 aromatic rings. The van der Waals surface area contributed by atoms with Gasteiger partial charge in [0.05, 0.1) is 5.75 Å². The van der Waals surface area contributed by atoms with Crippen molar-refractivity contribution < 1.29 is 4.79 Å². The van der Waals surface area contributed by atoms with Crippen molar-refractivity contribution in [2.45, 2.75) is 25.5 Å². The predicted octanol–water partition coefficient (Wildman–Crippen LogP) is 2.95. The average Bonchev–Trinajstić information content (AvgIpc) is 2.83. The Labute approximate surface area is 129 Å². The van der Waals surface area contributed by atoms with E-state index in [1.54, 1.807) is 22.8 Å². The van der Waals surface area contributed by atoms with Gasteiger partial charge in [-0.3, -0.25) is 9.48 Å². The lowest BCUT2D eigenvalue weighted by Gasteiger charge is -2.17. The lowest BCUT2D eigenvalue weighted by molar-refractivity contribution is -0.113. The molecule has 5 nitrogen and oxygen atoms in total. The van der Waals surface area contributed by atoms with Gasteiger partial charge in [0.1, 0.15) is 6.33 Å². The van der Waals surface area contributed by atoms with Crippen molar-refractivity contribution in [1.29, 1.82) is 0 Å². The summed E-state index contributed by atoms with van der Waals surface area (Å²) < 4.78 is 1.75. The molecule has 0 bridgehead atoms. The van der Waals surface area contributed by atoms with Gasteiger partial charge < -0.3 is 5.32 Å². The molecule has 0 spiro atoms. The number of hydrogen-bond donors (Lipinski definition) is 1. The number of amides is 1. The normalized spacial score (nSPS) is 11.4. The molecule has 2 rings (SSSR count). The van der Waals surface area contributed by atoms with Crippen LogP contribution in [0.15, 0.2) is 30.6 Å². The summed E-state index contributed by atoms with van der Waals surface area (Å²) in [6.45, 7) is 6.29. The van der Waals surface area contributed by atoms with Gasteiger partial charge in [-0.1, -0.05) is 20.8 Å². The SMILES string of the molecule is Cn1cnc(-c2ccc(NC(=O)CSC(C)(C)C)cc2)n1. The first-order chi connectivity index (χ1) is 9.83. The van der Waals surface area contributed by atoms with Crippen LogP contribution in [0.5, 0.6) is 0 Å². The zero-order valence-electron chi connectivity index (χ0n) is 12.8. The minimum atomic E-state index is 0.0126. The number of thioether (sulfide) groups is 1. The standard InChI is InChI=1S/C15H20N4OS/c1-15(2,3)21-9-13(20)17-12-7-5-11(6-8-12)14-16-10-19(4)18-14/h5-8,10H,9H2,1-4H3,(H,17,20). The quantitative estimate of drug-likeness (QED) is 0.943. The smallest absolute Gasteiger partial charge is 0.234 e. The number of carbonyl (C=O) groups is 1. The van der Waals surface area contributed by atoms with E-state index in [0.717, 1.165) is 11.3 Å². The molecule has 0 fully saturated rings. The number of aryl methyl sites for hydroxylation is 1. The molecule has 1 amide bonds. The minimum Gasteiger partial charge on any atom is -0.325 e. The second kappa shape index (κ2) is 6.30. The minimum absolute atomic E-state index is 0.0126. The number of rotatable bonds is 4. The fourth-order valence-electron chi connectivity index (χ4n) is 1.65. The summed E-state index contributed by atoms with van der Waals surface area (Å²) in [5.41, 5.74) is 1.71. The molecule has 0 unspecified atom stereocenters. The number of carbonyl (C=O) groups excluding carboxylic acids is 1. The Bertz CT molecular complexity index is 613. The molecule has 0 aliphatic carbocycles. The summed E-state index contributed by atoms with van der Waals surface area (Å²) in [5.74, 6) is 1.14. The first-order valence-electron chi connectivity index (χ1n) is 6.73. The lowest BCUT2D eigenvalue weighted by atomic mass is 10.2. The van der Waals surface area contributed by atoms with Gasteiger partial charge in [0, 0.05) is 23.0 Å². The zero-order valence-corrected chi connectivity index (χ0v) is 13.6. The van der Waals surface area contributed by atoms with Crippen molar-refractivity contribution in [2.75, 3.05) is 11.1 Å². The Balaban J connectivity index is 1.95. The van der Waals surface area contributed by atoms with Crippen LogP contribution in [0.3, 0.4) is 0 Å². The van der Waals surface area contributed by atoms with E-state index in [0.29, 0.717) is 11.6 Å². The largest absolute Gasteiger partial charge is 0.325 e. The van der Waals surface area contributed by atoms with E-state index < -0.39 is 0 Å². The van der Waals surface area contributed by atoms with Crippen LogP contribution in [0, 0.1) is 0 Å². The Morgan fingerprint density at radius 3 is 2.48 bits per heavy atom. The van der Waals surface area contributed by atoms with Crippen LogP contribution in [0.1, 0.15) is 20.8 Å². The van der Waals surface area contributed by atoms with Crippen molar-refractivity contribution in [2.24, 2.45) is 7.05 Å².